The van der Waals surface area contributed by atoms with E-state index in [0.29, 0.717) is 34.3 Å². The van der Waals surface area contributed by atoms with Gasteiger partial charge >= 0.3 is 0 Å². The van der Waals surface area contributed by atoms with E-state index in [9.17, 15) is 0 Å². The monoisotopic (exact) mass is 307 g/mol. The average Bonchev–Trinajstić information content (AvgIpc) is 2.86. The van der Waals surface area contributed by atoms with Crippen molar-refractivity contribution >= 4 is 17.3 Å². The fourth-order valence-electron chi connectivity index (χ4n) is 2.63. The molecule has 1 heterocycles. The number of tetrazole rings is 1. The third kappa shape index (κ3) is 3.35. The van der Waals surface area contributed by atoms with Gasteiger partial charge in [-0.05, 0) is 40.3 Å². The van der Waals surface area contributed by atoms with E-state index < -0.39 is 0 Å². The van der Waals surface area contributed by atoms with Crippen LogP contribution in [0.1, 0.15) is 27.7 Å². The Hall–Kier alpha value is -1.62. The molecule has 0 aliphatic rings. The van der Waals surface area contributed by atoms with Gasteiger partial charge in [0.2, 0.25) is 0 Å². The summed E-state index contributed by atoms with van der Waals surface area (Å²) in [6.07, 6.45) is 0. The standard InChI is InChI=1S/C15H22ClN5/c1-9(2)12(10(3)4)8-21-15(18-19-20-21)11-6-5-7-13(17)14(11)16/h5-7,9-10,12H,8,17H2,1-4H3. The molecule has 1 aromatic heterocycles. The van der Waals surface area contributed by atoms with Gasteiger partial charge in [-0.1, -0.05) is 45.4 Å². The quantitative estimate of drug-likeness (QED) is 0.858. The molecule has 2 aromatic rings. The van der Waals surface area contributed by atoms with E-state index in [-0.39, 0.29) is 0 Å². The van der Waals surface area contributed by atoms with Gasteiger partial charge in [0, 0.05) is 12.1 Å². The highest BCUT2D eigenvalue weighted by molar-refractivity contribution is 6.35. The molecule has 0 aliphatic carbocycles. The van der Waals surface area contributed by atoms with Gasteiger partial charge in [-0.25, -0.2) is 4.68 Å². The van der Waals surface area contributed by atoms with Crippen molar-refractivity contribution in [3.8, 4) is 11.4 Å². The second kappa shape index (κ2) is 6.43. The van der Waals surface area contributed by atoms with Crippen LogP contribution >= 0.6 is 11.6 Å². The third-order valence-corrected chi connectivity index (χ3v) is 4.32. The second-order valence-electron chi connectivity index (χ2n) is 6.05. The van der Waals surface area contributed by atoms with Crippen LogP contribution in [0.5, 0.6) is 0 Å². The van der Waals surface area contributed by atoms with Gasteiger partial charge in [-0.3, -0.25) is 0 Å². The third-order valence-electron chi connectivity index (χ3n) is 3.90. The topological polar surface area (TPSA) is 69.6 Å². The maximum absolute atomic E-state index is 6.28. The van der Waals surface area contributed by atoms with Crippen LogP contribution in [0.4, 0.5) is 5.69 Å². The van der Waals surface area contributed by atoms with E-state index in [1.54, 1.807) is 6.07 Å². The Morgan fingerprint density at radius 2 is 1.86 bits per heavy atom. The maximum atomic E-state index is 6.28. The van der Waals surface area contributed by atoms with Crippen LogP contribution in [0.25, 0.3) is 11.4 Å². The minimum absolute atomic E-state index is 0.493. The summed E-state index contributed by atoms with van der Waals surface area (Å²) in [5.74, 6) is 2.27. The zero-order chi connectivity index (χ0) is 15.6. The molecule has 0 unspecified atom stereocenters. The van der Waals surface area contributed by atoms with Crippen LogP contribution < -0.4 is 5.73 Å². The van der Waals surface area contributed by atoms with Crippen molar-refractivity contribution < 1.29 is 0 Å². The molecule has 21 heavy (non-hydrogen) atoms. The first-order chi connectivity index (χ1) is 9.91. The van der Waals surface area contributed by atoms with Crippen molar-refractivity contribution in [1.29, 1.82) is 0 Å². The largest absolute Gasteiger partial charge is 0.398 e. The van der Waals surface area contributed by atoms with Crippen LogP contribution in [-0.4, -0.2) is 20.2 Å². The van der Waals surface area contributed by atoms with Gasteiger partial charge in [0.25, 0.3) is 0 Å². The summed E-state index contributed by atoms with van der Waals surface area (Å²) >= 11 is 6.28. The lowest BCUT2D eigenvalue weighted by Gasteiger charge is -2.24. The maximum Gasteiger partial charge on any atom is 0.183 e. The van der Waals surface area contributed by atoms with E-state index in [0.717, 1.165) is 12.1 Å². The molecule has 0 bridgehead atoms. The zero-order valence-corrected chi connectivity index (χ0v) is 13.7. The minimum Gasteiger partial charge on any atom is -0.398 e. The molecular weight excluding hydrogens is 286 g/mol. The summed E-state index contributed by atoms with van der Waals surface area (Å²) in [7, 11) is 0. The highest BCUT2D eigenvalue weighted by Crippen LogP contribution is 2.31. The Morgan fingerprint density at radius 1 is 1.19 bits per heavy atom. The number of hydrogen-bond donors (Lipinski definition) is 1. The molecule has 1 aromatic carbocycles. The number of hydrogen-bond acceptors (Lipinski definition) is 4. The van der Waals surface area contributed by atoms with E-state index >= 15 is 0 Å². The summed E-state index contributed by atoms with van der Waals surface area (Å²) in [6, 6.07) is 5.52. The van der Waals surface area contributed by atoms with E-state index in [1.165, 1.54) is 0 Å². The summed E-state index contributed by atoms with van der Waals surface area (Å²) in [6.45, 7) is 9.66. The molecule has 0 atom stereocenters. The van der Waals surface area contributed by atoms with Crippen molar-refractivity contribution in [2.75, 3.05) is 5.73 Å². The molecule has 5 nitrogen and oxygen atoms in total. The molecule has 6 heteroatoms. The molecule has 0 spiro atoms. The average molecular weight is 308 g/mol. The van der Waals surface area contributed by atoms with E-state index in [2.05, 4.69) is 43.2 Å². The Kier molecular flexibility index (Phi) is 4.83. The number of halogens is 1. The van der Waals surface area contributed by atoms with Gasteiger partial charge in [-0.15, -0.1) is 5.10 Å². The van der Waals surface area contributed by atoms with E-state index in [1.807, 2.05) is 16.8 Å². The Bertz CT molecular complexity index is 598. The molecule has 2 rings (SSSR count). The number of nitrogen functional groups attached to an aromatic ring is 1. The summed E-state index contributed by atoms with van der Waals surface area (Å²) in [4.78, 5) is 0. The van der Waals surface area contributed by atoms with Gasteiger partial charge in [0.05, 0.1) is 10.7 Å². The smallest absolute Gasteiger partial charge is 0.183 e. The van der Waals surface area contributed by atoms with Crippen molar-refractivity contribution in [1.82, 2.24) is 20.2 Å². The molecule has 0 aliphatic heterocycles. The van der Waals surface area contributed by atoms with Crippen molar-refractivity contribution in [3.05, 3.63) is 23.2 Å². The number of rotatable bonds is 5. The molecular formula is C15H22ClN5. The Morgan fingerprint density at radius 3 is 2.48 bits per heavy atom. The number of nitrogens with zero attached hydrogens (tertiary/aromatic N) is 4. The van der Waals surface area contributed by atoms with E-state index in [4.69, 9.17) is 17.3 Å². The summed E-state index contributed by atoms with van der Waals surface area (Å²) < 4.78 is 1.82. The summed E-state index contributed by atoms with van der Waals surface area (Å²) in [5, 5.41) is 12.5. The van der Waals surface area contributed by atoms with Crippen LogP contribution in [0.15, 0.2) is 18.2 Å². The first-order valence-electron chi connectivity index (χ1n) is 7.22. The fourth-order valence-corrected chi connectivity index (χ4v) is 2.84. The molecule has 0 saturated heterocycles. The predicted molar refractivity (Wildman–Crippen MR) is 85.8 cm³/mol. The number of anilines is 1. The summed E-state index contributed by atoms with van der Waals surface area (Å²) in [5.41, 5.74) is 7.17. The minimum atomic E-state index is 0.493. The lowest BCUT2D eigenvalue weighted by Crippen LogP contribution is -2.23. The van der Waals surface area contributed by atoms with Gasteiger partial charge in [0.1, 0.15) is 0 Å². The zero-order valence-electron chi connectivity index (χ0n) is 12.9. The van der Waals surface area contributed by atoms with Gasteiger partial charge < -0.3 is 5.73 Å². The molecule has 2 N–H and O–H groups in total. The predicted octanol–water partition coefficient (Wildman–Crippen LogP) is 3.50. The second-order valence-corrected chi connectivity index (χ2v) is 6.42. The molecule has 0 saturated carbocycles. The number of aromatic nitrogens is 4. The normalized spacial score (nSPS) is 11.8. The Labute approximate surface area is 130 Å². The van der Waals surface area contributed by atoms with Crippen LogP contribution in [0.2, 0.25) is 5.02 Å². The molecule has 0 amide bonds. The number of benzene rings is 1. The van der Waals surface area contributed by atoms with Crippen molar-refractivity contribution in [2.45, 2.75) is 34.2 Å². The SMILES string of the molecule is CC(C)C(Cn1nnnc1-c1cccc(N)c1Cl)C(C)C. The lowest BCUT2D eigenvalue weighted by atomic mass is 9.85. The molecule has 114 valence electrons. The van der Waals surface area contributed by atoms with Gasteiger partial charge in [-0.2, -0.15) is 0 Å². The Balaban J connectivity index is 2.37. The van der Waals surface area contributed by atoms with Crippen LogP contribution in [0.3, 0.4) is 0 Å². The van der Waals surface area contributed by atoms with Gasteiger partial charge in [0.15, 0.2) is 5.82 Å². The highest BCUT2D eigenvalue weighted by atomic mass is 35.5. The van der Waals surface area contributed by atoms with Crippen molar-refractivity contribution in [2.24, 2.45) is 17.8 Å². The highest BCUT2D eigenvalue weighted by Gasteiger charge is 2.22. The number of nitrogens with two attached hydrogens (primary N) is 1. The first kappa shape index (κ1) is 15.8. The van der Waals surface area contributed by atoms with Crippen LogP contribution in [-0.2, 0) is 6.54 Å². The molecule has 0 radical (unpaired) electrons. The first-order valence-corrected chi connectivity index (χ1v) is 7.60. The fraction of sp³-hybridized carbons (Fsp3) is 0.533. The van der Waals surface area contributed by atoms with Crippen molar-refractivity contribution in [3.63, 3.8) is 0 Å². The lowest BCUT2D eigenvalue weighted by molar-refractivity contribution is 0.242. The molecule has 0 fully saturated rings. The van der Waals surface area contributed by atoms with Crippen LogP contribution in [0, 0.1) is 17.8 Å².